The van der Waals surface area contributed by atoms with Crippen molar-refractivity contribution in [3.8, 4) is 0 Å². The number of halogens is 3. The van der Waals surface area contributed by atoms with Crippen LogP contribution in [-0.2, 0) is 24.1 Å². The fourth-order valence-electron chi connectivity index (χ4n) is 3.05. The first kappa shape index (κ1) is 18.4. The molecule has 140 valence electrons. The third kappa shape index (κ3) is 4.43. The number of piperazine rings is 1. The average molecular weight is 366 g/mol. The van der Waals surface area contributed by atoms with E-state index in [4.69, 9.17) is 0 Å². The highest BCUT2D eigenvalue weighted by Gasteiger charge is 2.30. The highest BCUT2D eigenvalue weighted by molar-refractivity contribution is 5.76. The van der Waals surface area contributed by atoms with Crippen LogP contribution in [0, 0.1) is 6.92 Å². The molecule has 1 saturated heterocycles. The number of carbonyl (C=O) groups is 1. The van der Waals surface area contributed by atoms with Crippen molar-refractivity contribution in [1.29, 1.82) is 0 Å². The molecule has 1 aliphatic rings. The van der Waals surface area contributed by atoms with Gasteiger partial charge < -0.3 is 4.90 Å². The summed E-state index contributed by atoms with van der Waals surface area (Å²) in [4.78, 5) is 16.2. The minimum Gasteiger partial charge on any atom is -0.339 e. The molecule has 0 spiro atoms. The van der Waals surface area contributed by atoms with E-state index in [-0.39, 0.29) is 12.5 Å². The highest BCUT2D eigenvalue weighted by Crippen LogP contribution is 2.29. The zero-order valence-electron chi connectivity index (χ0n) is 14.5. The molecule has 0 aliphatic carbocycles. The van der Waals surface area contributed by atoms with Gasteiger partial charge in [-0.1, -0.05) is 18.2 Å². The van der Waals surface area contributed by atoms with Gasteiger partial charge in [0.1, 0.15) is 6.54 Å². The highest BCUT2D eigenvalue weighted by atomic mass is 19.4. The van der Waals surface area contributed by atoms with Crippen LogP contribution in [0.1, 0.15) is 16.8 Å². The number of amides is 1. The molecule has 8 heteroatoms. The number of rotatable bonds is 4. The standard InChI is InChI=1S/C18H21F3N4O/c1-14-5-6-22-25(14)13-17(26)24-9-7-23(8-10-24)12-15-3-2-4-16(11-15)18(19,20)21/h2-6,11H,7-10,12-13H2,1H3. The van der Waals surface area contributed by atoms with Gasteiger partial charge in [0.15, 0.2) is 0 Å². The second-order valence-electron chi connectivity index (χ2n) is 6.49. The largest absolute Gasteiger partial charge is 0.416 e. The summed E-state index contributed by atoms with van der Waals surface area (Å²) >= 11 is 0. The first-order chi connectivity index (χ1) is 12.3. The molecule has 2 heterocycles. The van der Waals surface area contributed by atoms with Crippen LogP contribution < -0.4 is 0 Å². The summed E-state index contributed by atoms with van der Waals surface area (Å²) in [5, 5.41) is 4.12. The number of aryl methyl sites for hydroxylation is 1. The van der Waals surface area contributed by atoms with Crippen molar-refractivity contribution in [2.45, 2.75) is 26.2 Å². The maximum atomic E-state index is 12.8. The van der Waals surface area contributed by atoms with Crippen LogP contribution in [0.25, 0.3) is 0 Å². The summed E-state index contributed by atoms with van der Waals surface area (Å²) in [6, 6.07) is 7.26. The number of alkyl halides is 3. The summed E-state index contributed by atoms with van der Waals surface area (Å²) in [6.07, 6.45) is -2.67. The van der Waals surface area contributed by atoms with E-state index >= 15 is 0 Å². The van der Waals surface area contributed by atoms with Crippen LogP contribution in [-0.4, -0.2) is 51.7 Å². The zero-order chi connectivity index (χ0) is 18.7. The Morgan fingerprint density at radius 2 is 1.88 bits per heavy atom. The molecule has 1 aliphatic heterocycles. The minimum absolute atomic E-state index is 0.00974. The topological polar surface area (TPSA) is 41.4 Å². The molecule has 0 N–H and O–H groups in total. The number of carbonyl (C=O) groups excluding carboxylic acids is 1. The molecule has 0 radical (unpaired) electrons. The van der Waals surface area contributed by atoms with Gasteiger partial charge in [0, 0.05) is 44.6 Å². The fourth-order valence-corrected chi connectivity index (χ4v) is 3.05. The molecule has 1 amide bonds. The van der Waals surface area contributed by atoms with Crippen molar-refractivity contribution < 1.29 is 18.0 Å². The maximum absolute atomic E-state index is 12.8. The predicted molar refractivity (Wildman–Crippen MR) is 90.3 cm³/mol. The van der Waals surface area contributed by atoms with E-state index in [1.54, 1.807) is 21.8 Å². The van der Waals surface area contributed by atoms with Gasteiger partial charge in [-0.05, 0) is 24.6 Å². The second-order valence-corrected chi connectivity index (χ2v) is 6.49. The molecule has 1 aromatic carbocycles. The van der Waals surface area contributed by atoms with E-state index in [0.29, 0.717) is 38.3 Å². The molecular weight excluding hydrogens is 345 g/mol. The Bertz CT molecular complexity index is 764. The van der Waals surface area contributed by atoms with Crippen molar-refractivity contribution >= 4 is 5.91 Å². The fraction of sp³-hybridized carbons (Fsp3) is 0.444. The molecule has 5 nitrogen and oxygen atoms in total. The third-order valence-corrected chi connectivity index (χ3v) is 4.60. The van der Waals surface area contributed by atoms with E-state index in [2.05, 4.69) is 10.00 Å². The van der Waals surface area contributed by atoms with Crippen molar-refractivity contribution in [3.63, 3.8) is 0 Å². The summed E-state index contributed by atoms with van der Waals surface area (Å²) in [6.45, 7) is 4.97. The number of hydrogen-bond acceptors (Lipinski definition) is 3. The van der Waals surface area contributed by atoms with Crippen LogP contribution in [0.4, 0.5) is 13.2 Å². The lowest BCUT2D eigenvalue weighted by molar-refractivity contribution is -0.137. The van der Waals surface area contributed by atoms with Gasteiger partial charge >= 0.3 is 6.18 Å². The Hall–Kier alpha value is -2.35. The summed E-state index contributed by atoms with van der Waals surface area (Å²) in [5.41, 5.74) is 0.937. The monoisotopic (exact) mass is 366 g/mol. The van der Waals surface area contributed by atoms with Crippen LogP contribution in [0.2, 0.25) is 0 Å². The van der Waals surface area contributed by atoms with Gasteiger partial charge in [0.25, 0.3) is 0 Å². The van der Waals surface area contributed by atoms with Gasteiger partial charge in [0.2, 0.25) is 5.91 Å². The quantitative estimate of drug-likeness (QED) is 0.835. The van der Waals surface area contributed by atoms with Crippen molar-refractivity contribution in [2.24, 2.45) is 0 Å². The van der Waals surface area contributed by atoms with Crippen molar-refractivity contribution in [1.82, 2.24) is 19.6 Å². The van der Waals surface area contributed by atoms with Crippen LogP contribution in [0.3, 0.4) is 0 Å². The molecular formula is C18H21F3N4O. The van der Waals surface area contributed by atoms with Gasteiger partial charge in [-0.3, -0.25) is 14.4 Å². The third-order valence-electron chi connectivity index (χ3n) is 4.60. The zero-order valence-corrected chi connectivity index (χ0v) is 14.5. The molecule has 0 unspecified atom stereocenters. The van der Waals surface area contributed by atoms with Crippen LogP contribution in [0.5, 0.6) is 0 Å². The Kier molecular flexibility index (Phi) is 5.31. The molecule has 0 bridgehead atoms. The van der Waals surface area contributed by atoms with E-state index in [9.17, 15) is 18.0 Å². The van der Waals surface area contributed by atoms with E-state index in [1.165, 1.54) is 12.1 Å². The molecule has 0 saturated carbocycles. The Morgan fingerprint density at radius 1 is 1.15 bits per heavy atom. The first-order valence-corrected chi connectivity index (χ1v) is 8.47. The molecule has 3 rings (SSSR count). The molecule has 26 heavy (non-hydrogen) atoms. The number of benzene rings is 1. The van der Waals surface area contributed by atoms with E-state index in [0.717, 1.165) is 11.8 Å². The minimum atomic E-state index is -4.33. The van der Waals surface area contributed by atoms with Gasteiger partial charge in [-0.15, -0.1) is 0 Å². The van der Waals surface area contributed by atoms with Crippen molar-refractivity contribution in [3.05, 3.63) is 53.3 Å². The first-order valence-electron chi connectivity index (χ1n) is 8.47. The lowest BCUT2D eigenvalue weighted by Gasteiger charge is -2.35. The smallest absolute Gasteiger partial charge is 0.339 e. The van der Waals surface area contributed by atoms with Gasteiger partial charge in [-0.2, -0.15) is 18.3 Å². The summed E-state index contributed by atoms with van der Waals surface area (Å²) in [7, 11) is 0. The average Bonchev–Trinajstić information content (AvgIpc) is 3.00. The summed E-state index contributed by atoms with van der Waals surface area (Å²) < 4.78 is 40.1. The summed E-state index contributed by atoms with van der Waals surface area (Å²) in [5.74, 6) is 0.00974. The Balaban J connectivity index is 1.52. The normalized spacial score (nSPS) is 16.1. The van der Waals surface area contributed by atoms with E-state index < -0.39 is 11.7 Å². The molecule has 0 atom stereocenters. The Labute approximate surface area is 150 Å². The van der Waals surface area contributed by atoms with Gasteiger partial charge in [-0.25, -0.2) is 0 Å². The lowest BCUT2D eigenvalue weighted by atomic mass is 10.1. The number of hydrogen-bond donors (Lipinski definition) is 0. The van der Waals surface area contributed by atoms with Crippen molar-refractivity contribution in [2.75, 3.05) is 26.2 Å². The molecule has 1 aromatic heterocycles. The van der Waals surface area contributed by atoms with Crippen LogP contribution in [0.15, 0.2) is 36.5 Å². The van der Waals surface area contributed by atoms with E-state index in [1.807, 2.05) is 13.0 Å². The lowest BCUT2D eigenvalue weighted by Crippen LogP contribution is -2.49. The number of nitrogens with zero attached hydrogens (tertiary/aromatic N) is 4. The van der Waals surface area contributed by atoms with Crippen LogP contribution >= 0.6 is 0 Å². The maximum Gasteiger partial charge on any atom is 0.416 e. The SMILES string of the molecule is Cc1ccnn1CC(=O)N1CCN(Cc2cccc(C(F)(F)F)c2)CC1. The predicted octanol–water partition coefficient (Wildman–Crippen LogP) is 2.55. The van der Waals surface area contributed by atoms with Gasteiger partial charge in [0.05, 0.1) is 5.56 Å². The molecule has 1 fully saturated rings. The Morgan fingerprint density at radius 3 is 2.50 bits per heavy atom. The number of aromatic nitrogens is 2. The molecule has 2 aromatic rings. The second kappa shape index (κ2) is 7.49.